The molecule has 0 aromatic carbocycles. The van der Waals surface area contributed by atoms with Crippen molar-refractivity contribution in [1.29, 1.82) is 0 Å². The Hall–Kier alpha value is -0.570. The SMILES string of the molecule is CCOC(=O)C1C2C(C)(C)CC3(C)CN(C)C3(C)CC12C. The van der Waals surface area contributed by atoms with Gasteiger partial charge in [0.1, 0.15) is 0 Å². The van der Waals surface area contributed by atoms with Crippen LogP contribution in [0.3, 0.4) is 0 Å². The third-order valence-electron chi connectivity index (χ3n) is 7.33. The number of rotatable bonds is 2. The molecule has 1 saturated heterocycles. The quantitative estimate of drug-likeness (QED) is 0.731. The van der Waals surface area contributed by atoms with E-state index in [1.165, 1.54) is 13.0 Å². The lowest BCUT2D eigenvalue weighted by molar-refractivity contribution is -0.156. The zero-order chi connectivity index (χ0) is 15.8. The van der Waals surface area contributed by atoms with Crippen LogP contribution < -0.4 is 0 Å². The fourth-order valence-electron chi connectivity index (χ4n) is 6.46. The van der Waals surface area contributed by atoms with Crippen LogP contribution in [0.4, 0.5) is 0 Å². The number of ether oxygens (including phenoxy) is 1. The van der Waals surface area contributed by atoms with Crippen LogP contribution in [0.5, 0.6) is 0 Å². The molecule has 3 rings (SSSR count). The molecule has 2 aliphatic carbocycles. The normalized spacial score (nSPS) is 51.2. The highest BCUT2D eigenvalue weighted by molar-refractivity contribution is 5.78. The molecular formula is C18H31NO2. The fourth-order valence-corrected chi connectivity index (χ4v) is 6.46. The third-order valence-corrected chi connectivity index (χ3v) is 7.33. The van der Waals surface area contributed by atoms with Crippen molar-refractivity contribution in [3.8, 4) is 0 Å². The lowest BCUT2D eigenvalue weighted by Crippen LogP contribution is -2.71. The van der Waals surface area contributed by atoms with E-state index in [2.05, 4.69) is 46.6 Å². The Morgan fingerprint density at radius 3 is 2.33 bits per heavy atom. The Bertz CT molecular complexity index is 488. The van der Waals surface area contributed by atoms with Gasteiger partial charge in [-0.2, -0.15) is 0 Å². The Kier molecular flexibility index (Phi) is 2.95. The molecular weight excluding hydrogens is 262 g/mol. The lowest BCUT2D eigenvalue weighted by atomic mass is 9.56. The maximum atomic E-state index is 12.4. The molecule has 0 aromatic heterocycles. The van der Waals surface area contributed by atoms with E-state index in [0.29, 0.717) is 17.9 Å². The molecule has 1 aliphatic heterocycles. The highest BCUT2D eigenvalue weighted by Crippen LogP contribution is 2.76. The number of hydrogen-bond donors (Lipinski definition) is 0. The van der Waals surface area contributed by atoms with Gasteiger partial charge in [0.25, 0.3) is 0 Å². The van der Waals surface area contributed by atoms with Crippen molar-refractivity contribution < 1.29 is 9.53 Å². The van der Waals surface area contributed by atoms with E-state index in [1.807, 2.05) is 6.92 Å². The Morgan fingerprint density at radius 1 is 1.19 bits per heavy atom. The smallest absolute Gasteiger partial charge is 0.309 e. The first-order valence-corrected chi connectivity index (χ1v) is 8.40. The van der Waals surface area contributed by atoms with Crippen molar-refractivity contribution in [3.63, 3.8) is 0 Å². The molecule has 3 heteroatoms. The molecule has 0 N–H and O–H groups in total. The van der Waals surface area contributed by atoms with E-state index >= 15 is 0 Å². The zero-order valence-corrected chi connectivity index (χ0v) is 14.7. The van der Waals surface area contributed by atoms with Crippen molar-refractivity contribution in [2.45, 2.75) is 59.9 Å². The molecule has 5 atom stereocenters. The average molecular weight is 293 g/mol. The Labute approximate surface area is 129 Å². The number of likely N-dealkylation sites (tertiary alicyclic amines) is 1. The van der Waals surface area contributed by atoms with Crippen molar-refractivity contribution in [1.82, 2.24) is 4.90 Å². The van der Waals surface area contributed by atoms with E-state index in [1.54, 1.807) is 0 Å². The van der Waals surface area contributed by atoms with Gasteiger partial charge in [0.05, 0.1) is 12.5 Å². The summed E-state index contributed by atoms with van der Waals surface area (Å²) < 4.78 is 5.37. The van der Waals surface area contributed by atoms with Gasteiger partial charge in [-0.1, -0.05) is 27.7 Å². The molecule has 0 aromatic rings. The second-order valence-corrected chi connectivity index (χ2v) is 9.25. The van der Waals surface area contributed by atoms with Crippen LogP contribution in [0, 0.1) is 28.1 Å². The molecule has 0 amide bonds. The minimum absolute atomic E-state index is 0.0345. The monoisotopic (exact) mass is 293 g/mol. The molecule has 21 heavy (non-hydrogen) atoms. The van der Waals surface area contributed by atoms with Gasteiger partial charge in [-0.3, -0.25) is 9.69 Å². The number of carbonyl (C=O) groups excluding carboxylic acids is 1. The fraction of sp³-hybridized carbons (Fsp3) is 0.944. The van der Waals surface area contributed by atoms with E-state index in [4.69, 9.17) is 4.74 Å². The largest absolute Gasteiger partial charge is 0.466 e. The van der Waals surface area contributed by atoms with Gasteiger partial charge in [0.15, 0.2) is 0 Å². The van der Waals surface area contributed by atoms with Gasteiger partial charge in [-0.25, -0.2) is 0 Å². The van der Waals surface area contributed by atoms with E-state index in [9.17, 15) is 4.79 Å². The van der Waals surface area contributed by atoms with Gasteiger partial charge in [0.2, 0.25) is 0 Å². The summed E-state index contributed by atoms with van der Waals surface area (Å²) in [7, 11) is 2.24. The summed E-state index contributed by atoms with van der Waals surface area (Å²) in [5.41, 5.74) is 0.910. The number of esters is 1. The minimum Gasteiger partial charge on any atom is -0.466 e. The number of carbonyl (C=O) groups is 1. The summed E-state index contributed by atoms with van der Waals surface area (Å²) in [5, 5.41) is 0. The maximum absolute atomic E-state index is 12.4. The molecule has 0 bridgehead atoms. The first-order valence-electron chi connectivity index (χ1n) is 8.40. The summed E-state index contributed by atoms with van der Waals surface area (Å²) in [4.78, 5) is 14.9. The van der Waals surface area contributed by atoms with Crippen LogP contribution in [0.25, 0.3) is 0 Å². The van der Waals surface area contributed by atoms with Crippen LogP contribution in [-0.2, 0) is 9.53 Å². The van der Waals surface area contributed by atoms with Crippen LogP contribution >= 0.6 is 0 Å². The molecule has 5 unspecified atom stereocenters. The highest BCUT2D eigenvalue weighted by Gasteiger charge is 2.77. The van der Waals surface area contributed by atoms with Gasteiger partial charge in [-0.15, -0.1) is 0 Å². The van der Waals surface area contributed by atoms with Crippen molar-refractivity contribution >= 4 is 5.97 Å². The van der Waals surface area contributed by atoms with Crippen LogP contribution in [0.1, 0.15) is 54.4 Å². The van der Waals surface area contributed by atoms with Crippen LogP contribution in [-0.4, -0.2) is 36.6 Å². The number of hydrogen-bond acceptors (Lipinski definition) is 3. The van der Waals surface area contributed by atoms with Gasteiger partial charge in [-0.05, 0) is 55.9 Å². The van der Waals surface area contributed by atoms with Crippen molar-refractivity contribution in [2.75, 3.05) is 20.2 Å². The maximum Gasteiger partial charge on any atom is 0.309 e. The topological polar surface area (TPSA) is 29.5 Å². The third kappa shape index (κ3) is 1.73. The Morgan fingerprint density at radius 2 is 1.81 bits per heavy atom. The summed E-state index contributed by atoms with van der Waals surface area (Å²) in [6.45, 7) is 15.5. The van der Waals surface area contributed by atoms with E-state index < -0.39 is 0 Å². The van der Waals surface area contributed by atoms with Crippen molar-refractivity contribution in [2.24, 2.45) is 28.1 Å². The molecule has 0 spiro atoms. The van der Waals surface area contributed by atoms with Gasteiger partial charge in [0, 0.05) is 12.1 Å². The molecule has 3 fully saturated rings. The van der Waals surface area contributed by atoms with E-state index in [0.717, 1.165) is 6.42 Å². The van der Waals surface area contributed by atoms with Crippen LogP contribution in [0.2, 0.25) is 0 Å². The average Bonchev–Trinajstić information content (AvgIpc) is 2.95. The van der Waals surface area contributed by atoms with Gasteiger partial charge < -0.3 is 4.74 Å². The predicted molar refractivity (Wildman–Crippen MR) is 83.9 cm³/mol. The van der Waals surface area contributed by atoms with Gasteiger partial charge >= 0.3 is 5.97 Å². The summed E-state index contributed by atoms with van der Waals surface area (Å²) in [6.07, 6.45) is 2.32. The molecule has 3 aliphatic rings. The van der Waals surface area contributed by atoms with Crippen molar-refractivity contribution in [3.05, 3.63) is 0 Å². The standard InChI is InChI=1S/C18H31NO2/c1-8-21-14(20)12-13-15(2,3)9-16(4)11-19(7)18(16,6)10-17(12,13)5/h12-13H,8-11H2,1-7H3. The summed E-state index contributed by atoms with van der Waals surface area (Å²) in [5.74, 6) is 0.603. The minimum atomic E-state index is 0.0345. The summed E-state index contributed by atoms with van der Waals surface area (Å²) in [6, 6.07) is 0. The predicted octanol–water partition coefficient (Wildman–Crippen LogP) is 3.33. The second-order valence-electron chi connectivity index (χ2n) is 9.25. The molecule has 3 nitrogen and oxygen atoms in total. The first-order chi connectivity index (χ1) is 9.52. The second kappa shape index (κ2) is 4.04. The number of fused-ring (bicyclic) bond motifs is 2. The lowest BCUT2D eigenvalue weighted by Gasteiger charge is -2.65. The molecule has 2 saturated carbocycles. The Balaban J connectivity index is 1.96. The van der Waals surface area contributed by atoms with Crippen LogP contribution in [0.15, 0.2) is 0 Å². The summed E-state index contributed by atoms with van der Waals surface area (Å²) >= 11 is 0. The number of nitrogens with zero attached hydrogens (tertiary/aromatic N) is 1. The highest BCUT2D eigenvalue weighted by atomic mass is 16.5. The molecule has 120 valence electrons. The molecule has 0 radical (unpaired) electrons. The van der Waals surface area contributed by atoms with E-state index in [-0.39, 0.29) is 28.3 Å². The first kappa shape index (κ1) is 15.3. The zero-order valence-electron chi connectivity index (χ0n) is 14.7. The molecule has 1 heterocycles.